The molecule has 1 N–H and O–H groups in total. The van der Waals surface area contributed by atoms with E-state index in [1.54, 1.807) is 5.38 Å². The highest BCUT2D eigenvalue weighted by Crippen LogP contribution is 2.26. The Hall–Kier alpha value is -3.00. The van der Waals surface area contributed by atoms with Crippen LogP contribution in [0.25, 0.3) is 11.5 Å². The normalized spacial score (nSPS) is 10.5. The van der Waals surface area contributed by atoms with Gasteiger partial charge in [0.2, 0.25) is 0 Å². The third kappa shape index (κ3) is 3.27. The van der Waals surface area contributed by atoms with Gasteiger partial charge in [-0.3, -0.25) is 20.2 Å². The summed E-state index contributed by atoms with van der Waals surface area (Å²) in [5.41, 5.74) is 0.898. The number of nitrogens with one attached hydrogen (secondary N) is 1. The zero-order valence-corrected chi connectivity index (χ0v) is 12.8. The smallest absolute Gasteiger partial charge is 0.269 e. The Morgan fingerprint density at radius 3 is 2.61 bits per heavy atom. The second-order valence-corrected chi connectivity index (χ2v) is 5.56. The summed E-state index contributed by atoms with van der Waals surface area (Å²) in [5.74, 6) is 1.04. The van der Waals surface area contributed by atoms with Crippen LogP contribution in [0.15, 0.2) is 46.2 Å². The Balaban J connectivity index is 1.73. The molecule has 2 heterocycles. The molecular formula is C15H11N3O4S. The number of thiazole rings is 1. The molecule has 2 aromatic heterocycles. The van der Waals surface area contributed by atoms with E-state index in [9.17, 15) is 14.9 Å². The lowest BCUT2D eigenvalue weighted by Gasteiger charge is -2.01. The minimum absolute atomic E-state index is 0.0636. The van der Waals surface area contributed by atoms with Crippen molar-refractivity contribution in [1.29, 1.82) is 0 Å². The molecule has 3 aromatic rings. The highest BCUT2D eigenvalue weighted by Gasteiger charge is 2.13. The van der Waals surface area contributed by atoms with E-state index in [-0.39, 0.29) is 11.6 Å². The van der Waals surface area contributed by atoms with Crippen molar-refractivity contribution in [3.63, 3.8) is 0 Å². The van der Waals surface area contributed by atoms with Gasteiger partial charge in [0, 0.05) is 23.1 Å². The molecule has 0 saturated heterocycles. The van der Waals surface area contributed by atoms with Gasteiger partial charge in [-0.2, -0.15) is 0 Å². The molecule has 0 aliphatic heterocycles. The van der Waals surface area contributed by atoms with Gasteiger partial charge in [0.05, 0.1) is 4.92 Å². The molecule has 116 valence electrons. The maximum atomic E-state index is 12.1. The van der Waals surface area contributed by atoms with Crippen molar-refractivity contribution >= 4 is 28.1 Å². The number of hydrogen-bond donors (Lipinski definition) is 1. The number of non-ortho nitro benzene ring substituents is 1. The van der Waals surface area contributed by atoms with E-state index in [1.165, 1.54) is 35.6 Å². The van der Waals surface area contributed by atoms with Crippen molar-refractivity contribution in [2.24, 2.45) is 0 Å². The predicted octanol–water partition coefficient (Wildman–Crippen LogP) is 3.87. The summed E-state index contributed by atoms with van der Waals surface area (Å²) >= 11 is 1.27. The molecule has 0 saturated carbocycles. The number of furan rings is 1. The minimum Gasteiger partial charge on any atom is -0.460 e. The lowest BCUT2D eigenvalue weighted by molar-refractivity contribution is -0.384. The number of nitrogens with zero attached hydrogens (tertiary/aromatic N) is 2. The zero-order valence-electron chi connectivity index (χ0n) is 12.0. The van der Waals surface area contributed by atoms with E-state index in [0.717, 1.165) is 5.76 Å². The van der Waals surface area contributed by atoms with Gasteiger partial charge in [0.1, 0.15) is 11.5 Å². The van der Waals surface area contributed by atoms with E-state index < -0.39 is 4.92 Å². The molecule has 0 atom stereocenters. The predicted molar refractivity (Wildman–Crippen MR) is 85.6 cm³/mol. The topological polar surface area (TPSA) is 98.3 Å². The second-order valence-electron chi connectivity index (χ2n) is 4.71. The van der Waals surface area contributed by atoms with Crippen LogP contribution in [0.3, 0.4) is 0 Å². The Kier molecular flexibility index (Phi) is 3.90. The first-order chi connectivity index (χ1) is 11.0. The molecule has 0 aliphatic rings. The number of aryl methyl sites for hydroxylation is 1. The number of anilines is 1. The van der Waals surface area contributed by atoms with Crippen molar-refractivity contribution in [2.75, 3.05) is 5.32 Å². The molecule has 0 spiro atoms. The third-order valence-corrected chi connectivity index (χ3v) is 3.82. The zero-order chi connectivity index (χ0) is 16.4. The minimum atomic E-state index is -0.514. The van der Waals surface area contributed by atoms with Gasteiger partial charge in [0.15, 0.2) is 10.9 Å². The van der Waals surface area contributed by atoms with Gasteiger partial charge in [-0.15, -0.1) is 11.3 Å². The molecule has 7 nitrogen and oxygen atoms in total. The highest BCUT2D eigenvalue weighted by molar-refractivity contribution is 7.14. The van der Waals surface area contributed by atoms with Crippen LogP contribution in [0, 0.1) is 17.0 Å². The van der Waals surface area contributed by atoms with Gasteiger partial charge in [0.25, 0.3) is 11.6 Å². The average molecular weight is 329 g/mol. The van der Waals surface area contributed by atoms with E-state index in [1.807, 2.05) is 19.1 Å². The summed E-state index contributed by atoms with van der Waals surface area (Å²) < 4.78 is 5.48. The maximum absolute atomic E-state index is 12.1. The molecule has 0 radical (unpaired) electrons. The number of carbonyl (C=O) groups excluding carboxylic acids is 1. The Labute approximate surface area is 134 Å². The van der Waals surface area contributed by atoms with Gasteiger partial charge >= 0.3 is 0 Å². The van der Waals surface area contributed by atoms with Crippen LogP contribution in [0.4, 0.5) is 10.8 Å². The molecule has 0 aliphatic carbocycles. The number of benzene rings is 1. The fourth-order valence-electron chi connectivity index (χ4n) is 1.92. The Morgan fingerprint density at radius 2 is 2.00 bits per heavy atom. The first-order valence-corrected chi connectivity index (χ1v) is 7.49. The van der Waals surface area contributed by atoms with E-state index >= 15 is 0 Å². The lowest BCUT2D eigenvalue weighted by Crippen LogP contribution is -2.11. The lowest BCUT2D eigenvalue weighted by atomic mass is 10.2. The quantitative estimate of drug-likeness (QED) is 0.578. The van der Waals surface area contributed by atoms with E-state index in [2.05, 4.69) is 10.3 Å². The van der Waals surface area contributed by atoms with Crippen LogP contribution in [0.2, 0.25) is 0 Å². The summed E-state index contributed by atoms with van der Waals surface area (Å²) in [6, 6.07) is 9.02. The second kappa shape index (κ2) is 6.01. The highest BCUT2D eigenvalue weighted by atomic mass is 32.1. The van der Waals surface area contributed by atoms with Gasteiger partial charge in [-0.1, -0.05) is 0 Å². The van der Waals surface area contributed by atoms with Crippen molar-refractivity contribution in [2.45, 2.75) is 6.92 Å². The van der Waals surface area contributed by atoms with Crippen LogP contribution in [0.1, 0.15) is 16.1 Å². The molecule has 1 amide bonds. The fourth-order valence-corrected chi connectivity index (χ4v) is 2.62. The largest absolute Gasteiger partial charge is 0.460 e. The van der Waals surface area contributed by atoms with Gasteiger partial charge < -0.3 is 4.42 Å². The Bertz CT molecular complexity index is 867. The van der Waals surface area contributed by atoms with Gasteiger partial charge in [-0.05, 0) is 31.2 Å². The van der Waals surface area contributed by atoms with E-state index in [4.69, 9.17) is 4.42 Å². The van der Waals surface area contributed by atoms with Crippen molar-refractivity contribution in [3.05, 3.63) is 63.2 Å². The summed E-state index contributed by atoms with van der Waals surface area (Å²) in [7, 11) is 0. The summed E-state index contributed by atoms with van der Waals surface area (Å²) in [6.45, 7) is 1.84. The number of nitro groups is 1. The van der Waals surface area contributed by atoms with Crippen molar-refractivity contribution in [3.8, 4) is 11.5 Å². The van der Waals surface area contributed by atoms with Crippen molar-refractivity contribution in [1.82, 2.24) is 4.98 Å². The molecule has 8 heteroatoms. The van der Waals surface area contributed by atoms with Crippen LogP contribution in [-0.4, -0.2) is 15.8 Å². The van der Waals surface area contributed by atoms with Gasteiger partial charge in [-0.25, -0.2) is 4.98 Å². The van der Waals surface area contributed by atoms with Crippen LogP contribution >= 0.6 is 11.3 Å². The number of hydrogen-bond acceptors (Lipinski definition) is 6. The number of nitro benzene ring substituents is 1. The standard InChI is InChI=1S/C15H11N3O4S/c1-9-2-7-13(22-9)12-8-23-15(16-12)17-14(19)10-3-5-11(6-4-10)18(20)21/h2-8H,1H3,(H,16,17,19). The monoisotopic (exact) mass is 329 g/mol. The average Bonchev–Trinajstić information content (AvgIpc) is 3.16. The number of amides is 1. The summed E-state index contributed by atoms with van der Waals surface area (Å²) in [6.07, 6.45) is 0. The number of aromatic nitrogens is 1. The molecular weight excluding hydrogens is 318 g/mol. The first-order valence-electron chi connectivity index (χ1n) is 6.61. The van der Waals surface area contributed by atoms with Crippen LogP contribution in [-0.2, 0) is 0 Å². The molecule has 0 fully saturated rings. The van der Waals surface area contributed by atoms with E-state index in [0.29, 0.717) is 22.1 Å². The summed E-state index contributed by atoms with van der Waals surface area (Å²) in [4.78, 5) is 26.5. The molecule has 1 aromatic carbocycles. The first kappa shape index (κ1) is 14.9. The molecule has 3 rings (SSSR count). The van der Waals surface area contributed by atoms with Crippen molar-refractivity contribution < 1.29 is 14.1 Å². The third-order valence-electron chi connectivity index (χ3n) is 3.06. The number of carbonyl (C=O) groups is 1. The molecule has 0 unspecified atom stereocenters. The van der Waals surface area contributed by atoms with Crippen LogP contribution in [0.5, 0.6) is 0 Å². The molecule has 0 bridgehead atoms. The molecule has 23 heavy (non-hydrogen) atoms. The maximum Gasteiger partial charge on any atom is 0.269 e. The number of rotatable bonds is 4. The Morgan fingerprint density at radius 1 is 1.26 bits per heavy atom. The van der Waals surface area contributed by atoms with Crippen LogP contribution < -0.4 is 5.32 Å². The summed E-state index contributed by atoms with van der Waals surface area (Å²) in [5, 5.41) is 15.5. The SMILES string of the molecule is Cc1ccc(-c2csc(NC(=O)c3ccc([N+](=O)[O-])cc3)n2)o1. The fraction of sp³-hybridized carbons (Fsp3) is 0.0667.